The molecule has 28 heavy (non-hydrogen) atoms. The van der Waals surface area contributed by atoms with Gasteiger partial charge in [-0.15, -0.1) is 10.2 Å². The highest BCUT2D eigenvalue weighted by Crippen LogP contribution is 2.33. The lowest BCUT2D eigenvalue weighted by atomic mass is 10.2. The predicted molar refractivity (Wildman–Crippen MR) is 111 cm³/mol. The lowest BCUT2D eigenvalue weighted by Gasteiger charge is -1.99. The van der Waals surface area contributed by atoms with Crippen molar-refractivity contribution in [1.29, 1.82) is 0 Å². The molecule has 0 spiro atoms. The number of hydrogen-bond acceptors (Lipinski definition) is 7. The van der Waals surface area contributed by atoms with Gasteiger partial charge in [0.2, 0.25) is 17.8 Å². The summed E-state index contributed by atoms with van der Waals surface area (Å²) in [6.45, 7) is 2.30. The van der Waals surface area contributed by atoms with Gasteiger partial charge in [-0.1, -0.05) is 59.0 Å². The van der Waals surface area contributed by atoms with Crippen molar-refractivity contribution in [3.05, 3.63) is 65.2 Å². The summed E-state index contributed by atoms with van der Waals surface area (Å²) in [5.74, 6) is 1.95. The number of hydrogen-bond donors (Lipinski definition) is 1. The SMILES string of the molecule is Cc1cccc(CSc2nnc(NC(=O)/C=C\c3ccc4c(c3)OCO4)s2)c1. The van der Waals surface area contributed by atoms with Gasteiger partial charge in [-0.05, 0) is 36.3 Å². The Hall–Kier alpha value is -2.84. The van der Waals surface area contributed by atoms with Crippen LogP contribution in [0.4, 0.5) is 5.13 Å². The predicted octanol–water partition coefficient (Wildman–Crippen LogP) is 4.52. The Morgan fingerprint density at radius 3 is 3.00 bits per heavy atom. The standard InChI is InChI=1S/C20H17N3O3S2/c1-13-3-2-4-15(9-13)11-27-20-23-22-19(28-20)21-18(24)8-6-14-5-7-16-17(10-14)26-12-25-16/h2-10H,11-12H2,1H3,(H,21,22,24)/b8-6-. The van der Waals surface area contributed by atoms with Crippen LogP contribution < -0.4 is 14.8 Å². The molecule has 0 fully saturated rings. The van der Waals surface area contributed by atoms with Crippen molar-refractivity contribution < 1.29 is 14.3 Å². The number of aromatic nitrogens is 2. The number of carbonyl (C=O) groups is 1. The van der Waals surface area contributed by atoms with Crippen LogP contribution in [0.5, 0.6) is 11.5 Å². The first-order chi connectivity index (χ1) is 13.7. The van der Waals surface area contributed by atoms with Crippen molar-refractivity contribution in [2.75, 3.05) is 12.1 Å². The fourth-order valence-electron chi connectivity index (χ4n) is 2.60. The molecule has 1 amide bonds. The third-order valence-corrected chi connectivity index (χ3v) is 5.95. The summed E-state index contributed by atoms with van der Waals surface area (Å²) >= 11 is 2.96. The number of anilines is 1. The lowest BCUT2D eigenvalue weighted by Crippen LogP contribution is -2.07. The largest absolute Gasteiger partial charge is 0.454 e. The Balaban J connectivity index is 1.31. The molecule has 0 bridgehead atoms. The van der Waals surface area contributed by atoms with Crippen LogP contribution in [0, 0.1) is 6.92 Å². The molecule has 1 aromatic heterocycles. The molecule has 142 valence electrons. The van der Waals surface area contributed by atoms with Crippen LogP contribution in [0.25, 0.3) is 6.08 Å². The van der Waals surface area contributed by atoms with Crippen LogP contribution in [-0.2, 0) is 10.5 Å². The minimum atomic E-state index is -0.260. The molecule has 1 aliphatic heterocycles. The Labute approximate surface area is 170 Å². The normalized spacial score (nSPS) is 12.5. The average Bonchev–Trinajstić information content (AvgIpc) is 3.33. The zero-order chi connectivity index (χ0) is 19.3. The van der Waals surface area contributed by atoms with E-state index in [1.165, 1.54) is 28.5 Å². The first-order valence-corrected chi connectivity index (χ1v) is 10.4. The number of rotatable bonds is 6. The van der Waals surface area contributed by atoms with E-state index < -0.39 is 0 Å². The van der Waals surface area contributed by atoms with E-state index in [0.29, 0.717) is 16.6 Å². The van der Waals surface area contributed by atoms with E-state index in [1.54, 1.807) is 17.8 Å². The molecule has 2 heterocycles. The van der Waals surface area contributed by atoms with Crippen LogP contribution in [0.15, 0.2) is 52.9 Å². The number of nitrogens with one attached hydrogen (secondary N) is 1. The second-order valence-electron chi connectivity index (χ2n) is 6.09. The van der Waals surface area contributed by atoms with Crippen molar-refractivity contribution in [2.45, 2.75) is 17.0 Å². The van der Waals surface area contributed by atoms with Gasteiger partial charge in [0, 0.05) is 11.8 Å². The Morgan fingerprint density at radius 2 is 2.11 bits per heavy atom. The molecule has 0 atom stereocenters. The molecule has 3 aromatic rings. The molecule has 1 aliphatic rings. The molecule has 1 N–H and O–H groups in total. The van der Waals surface area contributed by atoms with E-state index in [4.69, 9.17) is 9.47 Å². The summed E-state index contributed by atoms with van der Waals surface area (Å²) in [6, 6.07) is 13.9. The van der Waals surface area contributed by atoms with E-state index in [2.05, 4.69) is 40.6 Å². The summed E-state index contributed by atoms with van der Waals surface area (Å²) in [5.41, 5.74) is 3.32. The van der Waals surface area contributed by atoms with E-state index in [-0.39, 0.29) is 12.7 Å². The zero-order valence-electron chi connectivity index (χ0n) is 15.0. The molecule has 6 nitrogen and oxygen atoms in total. The molecule has 0 aliphatic carbocycles. The minimum absolute atomic E-state index is 0.226. The van der Waals surface area contributed by atoms with Gasteiger partial charge in [0.05, 0.1) is 0 Å². The van der Waals surface area contributed by atoms with Crippen LogP contribution >= 0.6 is 23.1 Å². The Kier molecular flexibility index (Phi) is 5.59. The van der Waals surface area contributed by atoms with E-state index >= 15 is 0 Å². The number of amides is 1. The minimum Gasteiger partial charge on any atom is -0.454 e. The van der Waals surface area contributed by atoms with Gasteiger partial charge in [-0.2, -0.15) is 0 Å². The smallest absolute Gasteiger partial charge is 0.250 e. The number of carbonyl (C=O) groups excluding carboxylic acids is 1. The quantitative estimate of drug-likeness (QED) is 0.365. The van der Waals surface area contributed by atoms with Crippen molar-refractivity contribution in [2.24, 2.45) is 0 Å². The lowest BCUT2D eigenvalue weighted by molar-refractivity contribution is -0.111. The molecule has 4 rings (SSSR count). The molecular formula is C20H17N3O3S2. The second-order valence-corrected chi connectivity index (χ2v) is 8.29. The summed E-state index contributed by atoms with van der Waals surface area (Å²) in [4.78, 5) is 12.1. The van der Waals surface area contributed by atoms with Crippen molar-refractivity contribution >= 4 is 40.2 Å². The maximum Gasteiger partial charge on any atom is 0.250 e. The summed E-state index contributed by atoms with van der Waals surface area (Å²) in [7, 11) is 0. The van der Waals surface area contributed by atoms with Gasteiger partial charge in [0.15, 0.2) is 15.8 Å². The number of benzene rings is 2. The molecule has 0 radical (unpaired) electrons. The molecule has 0 saturated carbocycles. The maximum atomic E-state index is 12.1. The van der Waals surface area contributed by atoms with Gasteiger partial charge in [0.1, 0.15) is 0 Å². The van der Waals surface area contributed by atoms with Gasteiger partial charge in [0.25, 0.3) is 0 Å². The monoisotopic (exact) mass is 411 g/mol. The molecular weight excluding hydrogens is 394 g/mol. The van der Waals surface area contributed by atoms with E-state index in [9.17, 15) is 4.79 Å². The molecule has 2 aromatic carbocycles. The first kappa shape index (κ1) is 18.5. The highest BCUT2D eigenvalue weighted by Gasteiger charge is 2.12. The molecule has 0 unspecified atom stereocenters. The maximum absolute atomic E-state index is 12.1. The highest BCUT2D eigenvalue weighted by atomic mass is 32.2. The van der Waals surface area contributed by atoms with Gasteiger partial charge in [-0.25, -0.2) is 0 Å². The van der Waals surface area contributed by atoms with E-state index in [1.807, 2.05) is 24.3 Å². The number of fused-ring (bicyclic) bond motifs is 1. The molecule has 8 heteroatoms. The van der Waals surface area contributed by atoms with Crippen LogP contribution in [0.1, 0.15) is 16.7 Å². The fraction of sp³-hybridized carbons (Fsp3) is 0.150. The Bertz CT molecular complexity index is 1030. The topological polar surface area (TPSA) is 73.3 Å². The van der Waals surface area contributed by atoms with Gasteiger partial charge < -0.3 is 9.47 Å². The summed E-state index contributed by atoms with van der Waals surface area (Å²) in [5, 5.41) is 11.4. The van der Waals surface area contributed by atoms with Crippen molar-refractivity contribution in [3.8, 4) is 11.5 Å². The number of ether oxygens (including phenoxy) is 2. The number of thioether (sulfide) groups is 1. The fourth-order valence-corrected chi connectivity index (χ4v) is 4.30. The zero-order valence-corrected chi connectivity index (χ0v) is 16.7. The van der Waals surface area contributed by atoms with Crippen LogP contribution in [0.3, 0.4) is 0 Å². The highest BCUT2D eigenvalue weighted by molar-refractivity contribution is 8.00. The second kappa shape index (κ2) is 8.45. The van der Waals surface area contributed by atoms with Gasteiger partial charge in [-0.3, -0.25) is 10.1 Å². The average molecular weight is 412 g/mol. The van der Waals surface area contributed by atoms with E-state index in [0.717, 1.165) is 15.7 Å². The third kappa shape index (κ3) is 4.71. The summed E-state index contributed by atoms with van der Waals surface area (Å²) in [6.07, 6.45) is 3.17. The number of nitrogens with zero attached hydrogens (tertiary/aromatic N) is 2. The number of aryl methyl sites for hydroxylation is 1. The van der Waals surface area contributed by atoms with Gasteiger partial charge >= 0.3 is 0 Å². The van der Waals surface area contributed by atoms with Crippen molar-refractivity contribution in [3.63, 3.8) is 0 Å². The van der Waals surface area contributed by atoms with Crippen LogP contribution in [0.2, 0.25) is 0 Å². The van der Waals surface area contributed by atoms with Crippen LogP contribution in [-0.4, -0.2) is 22.9 Å². The third-order valence-electron chi connectivity index (χ3n) is 3.91. The van der Waals surface area contributed by atoms with Crippen molar-refractivity contribution in [1.82, 2.24) is 10.2 Å². The first-order valence-electron chi connectivity index (χ1n) is 8.56. The summed E-state index contributed by atoms with van der Waals surface area (Å²) < 4.78 is 11.4. The Morgan fingerprint density at radius 1 is 1.21 bits per heavy atom. The molecule has 0 saturated heterocycles.